The van der Waals surface area contributed by atoms with Gasteiger partial charge in [-0.2, -0.15) is 0 Å². The number of benzene rings is 1. The number of nitrogens with two attached hydrogens (primary N) is 1. The number of hydrogen-bond acceptors (Lipinski definition) is 4. The summed E-state index contributed by atoms with van der Waals surface area (Å²) >= 11 is 0. The summed E-state index contributed by atoms with van der Waals surface area (Å²) in [5.41, 5.74) is 5.20. The van der Waals surface area contributed by atoms with Crippen molar-refractivity contribution in [2.45, 2.75) is 30.8 Å². The summed E-state index contributed by atoms with van der Waals surface area (Å²) in [6, 6.07) is 6.56. The molecule has 7 heteroatoms. The molecule has 0 aliphatic rings. The van der Waals surface area contributed by atoms with Crippen molar-refractivity contribution in [2.24, 2.45) is 5.73 Å². The molecule has 0 aromatic heterocycles. The molecule has 20 heavy (non-hydrogen) atoms. The van der Waals surface area contributed by atoms with Crippen LogP contribution in [0.25, 0.3) is 0 Å². The lowest BCUT2D eigenvalue weighted by Crippen LogP contribution is -2.48. The Hall–Kier alpha value is -1.44. The van der Waals surface area contributed by atoms with Gasteiger partial charge in [-0.25, -0.2) is 12.7 Å². The van der Waals surface area contributed by atoms with Crippen LogP contribution in [0.15, 0.2) is 29.2 Å². The van der Waals surface area contributed by atoms with Gasteiger partial charge in [0.2, 0.25) is 15.9 Å². The molecule has 1 amide bonds. The molecule has 0 bridgehead atoms. The molecule has 0 radical (unpaired) electrons. The summed E-state index contributed by atoms with van der Waals surface area (Å²) < 4.78 is 25.5. The van der Waals surface area contributed by atoms with Crippen molar-refractivity contribution in [3.63, 3.8) is 0 Å². The zero-order valence-corrected chi connectivity index (χ0v) is 13.0. The van der Waals surface area contributed by atoms with Crippen LogP contribution in [0, 0.1) is 0 Å². The molecule has 0 atom stereocenters. The van der Waals surface area contributed by atoms with Gasteiger partial charge in [0, 0.05) is 20.6 Å². The topological polar surface area (TPSA) is 92.5 Å². The van der Waals surface area contributed by atoms with Crippen LogP contribution in [0.3, 0.4) is 0 Å². The van der Waals surface area contributed by atoms with Crippen molar-refractivity contribution in [1.29, 1.82) is 0 Å². The van der Waals surface area contributed by atoms with E-state index in [0.717, 1.165) is 4.31 Å². The van der Waals surface area contributed by atoms with E-state index in [1.165, 1.54) is 20.2 Å². The molecule has 6 nitrogen and oxygen atoms in total. The highest BCUT2D eigenvalue weighted by atomic mass is 32.2. The molecule has 1 aromatic carbocycles. The number of nitrogens with zero attached hydrogens (tertiary/aromatic N) is 1. The SMILES string of the molecule is CN(C)S(=O)(=O)c1ccccc1CNC(=O)C(C)(C)N. The maximum Gasteiger partial charge on any atom is 0.242 e. The Balaban J connectivity index is 3.02. The summed E-state index contributed by atoms with van der Waals surface area (Å²) in [5, 5.41) is 2.64. The van der Waals surface area contributed by atoms with Gasteiger partial charge < -0.3 is 11.1 Å². The molecule has 0 saturated carbocycles. The maximum absolute atomic E-state index is 12.2. The minimum absolute atomic E-state index is 0.114. The van der Waals surface area contributed by atoms with Gasteiger partial charge in [-0.15, -0.1) is 0 Å². The third-order valence-electron chi connectivity index (χ3n) is 2.76. The first kappa shape index (κ1) is 16.6. The molecule has 0 heterocycles. The van der Waals surface area contributed by atoms with Gasteiger partial charge in [-0.1, -0.05) is 18.2 Å². The second-order valence-corrected chi connectivity index (χ2v) is 7.42. The predicted octanol–water partition coefficient (Wildman–Crippen LogP) is 0.290. The molecular formula is C13H21N3O3S. The second-order valence-electron chi connectivity index (χ2n) is 5.30. The van der Waals surface area contributed by atoms with Crippen LogP contribution in [-0.4, -0.2) is 38.3 Å². The Bertz CT molecular complexity index is 589. The van der Waals surface area contributed by atoms with E-state index in [1.54, 1.807) is 32.0 Å². The van der Waals surface area contributed by atoms with E-state index in [9.17, 15) is 13.2 Å². The van der Waals surface area contributed by atoms with Gasteiger partial charge in [0.05, 0.1) is 10.4 Å². The first-order valence-electron chi connectivity index (χ1n) is 6.14. The lowest BCUT2D eigenvalue weighted by molar-refractivity contribution is -0.125. The van der Waals surface area contributed by atoms with Crippen LogP contribution in [0.4, 0.5) is 0 Å². The fourth-order valence-electron chi connectivity index (χ4n) is 1.50. The number of sulfonamides is 1. The van der Waals surface area contributed by atoms with Gasteiger partial charge in [0.1, 0.15) is 0 Å². The number of hydrogen-bond donors (Lipinski definition) is 2. The summed E-state index contributed by atoms with van der Waals surface area (Å²) in [6.45, 7) is 3.29. The minimum Gasteiger partial charge on any atom is -0.350 e. The Labute approximate surface area is 120 Å². The standard InChI is InChI=1S/C13H21N3O3S/c1-13(2,14)12(17)15-9-10-7-5-6-8-11(10)20(18,19)16(3)4/h5-8H,9,14H2,1-4H3,(H,15,17). The zero-order chi connectivity index (χ0) is 15.6. The van der Waals surface area contributed by atoms with E-state index >= 15 is 0 Å². The van der Waals surface area contributed by atoms with Crippen molar-refractivity contribution in [2.75, 3.05) is 14.1 Å². The lowest BCUT2D eigenvalue weighted by Gasteiger charge is -2.19. The first-order valence-corrected chi connectivity index (χ1v) is 7.58. The quantitative estimate of drug-likeness (QED) is 0.817. The third kappa shape index (κ3) is 3.78. The predicted molar refractivity (Wildman–Crippen MR) is 77.4 cm³/mol. The highest BCUT2D eigenvalue weighted by Gasteiger charge is 2.24. The van der Waals surface area contributed by atoms with Crippen molar-refractivity contribution in [1.82, 2.24) is 9.62 Å². The van der Waals surface area contributed by atoms with Gasteiger partial charge in [0.25, 0.3) is 0 Å². The minimum atomic E-state index is -3.54. The van der Waals surface area contributed by atoms with Crippen LogP contribution in [0.5, 0.6) is 0 Å². The van der Waals surface area contributed by atoms with Crippen LogP contribution in [0.2, 0.25) is 0 Å². The molecule has 3 N–H and O–H groups in total. The van der Waals surface area contributed by atoms with Crippen LogP contribution in [-0.2, 0) is 21.4 Å². The van der Waals surface area contributed by atoms with Gasteiger partial charge >= 0.3 is 0 Å². The number of carbonyl (C=O) groups excluding carboxylic acids is 1. The normalized spacial score (nSPS) is 12.5. The van der Waals surface area contributed by atoms with Crippen LogP contribution < -0.4 is 11.1 Å². The van der Waals surface area contributed by atoms with Crippen LogP contribution in [0.1, 0.15) is 19.4 Å². The third-order valence-corrected chi connectivity index (χ3v) is 4.67. The zero-order valence-electron chi connectivity index (χ0n) is 12.2. The summed E-state index contributed by atoms with van der Waals surface area (Å²) in [6.07, 6.45) is 0. The molecule has 0 spiro atoms. The number of amides is 1. The lowest BCUT2D eigenvalue weighted by atomic mass is 10.1. The molecule has 0 unspecified atom stereocenters. The van der Waals surface area contributed by atoms with Gasteiger partial charge in [-0.3, -0.25) is 4.79 Å². The van der Waals surface area contributed by atoms with Crippen molar-refractivity contribution < 1.29 is 13.2 Å². The first-order chi connectivity index (χ1) is 9.06. The number of carbonyl (C=O) groups is 1. The number of nitrogens with one attached hydrogen (secondary N) is 1. The average Bonchev–Trinajstić information content (AvgIpc) is 2.34. The van der Waals surface area contributed by atoms with E-state index < -0.39 is 15.6 Å². The maximum atomic E-state index is 12.2. The Morgan fingerprint density at radius 3 is 2.35 bits per heavy atom. The molecule has 1 aromatic rings. The number of rotatable bonds is 5. The highest BCUT2D eigenvalue weighted by molar-refractivity contribution is 7.89. The van der Waals surface area contributed by atoms with E-state index in [-0.39, 0.29) is 17.3 Å². The molecule has 1 rings (SSSR count). The Morgan fingerprint density at radius 2 is 1.85 bits per heavy atom. The average molecular weight is 299 g/mol. The van der Waals surface area contributed by atoms with Gasteiger partial charge in [0.15, 0.2) is 0 Å². The smallest absolute Gasteiger partial charge is 0.242 e. The Kier molecular flexibility index (Phi) is 4.90. The largest absolute Gasteiger partial charge is 0.350 e. The molecule has 112 valence electrons. The molecule has 0 aliphatic carbocycles. The summed E-state index contributed by atoms with van der Waals surface area (Å²) in [4.78, 5) is 11.9. The molecular weight excluding hydrogens is 278 g/mol. The Morgan fingerprint density at radius 1 is 1.30 bits per heavy atom. The molecule has 0 aliphatic heterocycles. The molecule has 0 fully saturated rings. The second kappa shape index (κ2) is 5.90. The highest BCUT2D eigenvalue weighted by Crippen LogP contribution is 2.18. The van der Waals surface area contributed by atoms with Crippen LogP contribution >= 0.6 is 0 Å². The van der Waals surface area contributed by atoms with E-state index in [2.05, 4.69) is 5.32 Å². The summed E-state index contributed by atoms with van der Waals surface area (Å²) in [7, 11) is -0.608. The van der Waals surface area contributed by atoms with E-state index in [1.807, 2.05) is 0 Å². The van der Waals surface area contributed by atoms with Gasteiger partial charge in [-0.05, 0) is 25.5 Å². The van der Waals surface area contributed by atoms with Crippen molar-refractivity contribution >= 4 is 15.9 Å². The van der Waals surface area contributed by atoms with E-state index in [0.29, 0.717) is 5.56 Å². The monoisotopic (exact) mass is 299 g/mol. The van der Waals surface area contributed by atoms with Crippen molar-refractivity contribution in [3.8, 4) is 0 Å². The summed E-state index contributed by atoms with van der Waals surface area (Å²) in [5.74, 6) is -0.338. The fraction of sp³-hybridized carbons (Fsp3) is 0.462. The van der Waals surface area contributed by atoms with Crippen molar-refractivity contribution in [3.05, 3.63) is 29.8 Å². The van der Waals surface area contributed by atoms with E-state index in [4.69, 9.17) is 5.73 Å². The molecule has 0 saturated heterocycles. The fourth-order valence-corrected chi connectivity index (χ4v) is 2.62.